The summed E-state index contributed by atoms with van der Waals surface area (Å²) in [6.07, 6.45) is 0.627. The normalized spacial score (nSPS) is 13.8. The maximum Gasteiger partial charge on any atom is 0.110 e. The fourth-order valence-electron chi connectivity index (χ4n) is 2.19. The zero-order chi connectivity index (χ0) is 14.6. The molecule has 0 spiro atoms. The molecule has 0 bridgehead atoms. The van der Waals surface area contributed by atoms with Gasteiger partial charge in [0.05, 0.1) is 0 Å². The fourth-order valence-corrected chi connectivity index (χ4v) is 3.09. The number of benzene rings is 2. The van der Waals surface area contributed by atoms with Gasteiger partial charge in [-0.2, -0.15) is 0 Å². The van der Waals surface area contributed by atoms with E-state index in [1.54, 1.807) is 11.8 Å². The first-order valence-corrected chi connectivity index (χ1v) is 7.59. The van der Waals surface area contributed by atoms with Crippen molar-refractivity contribution in [3.63, 3.8) is 0 Å². The average molecular weight is 284 g/mol. The van der Waals surface area contributed by atoms with Crippen molar-refractivity contribution >= 4 is 11.8 Å². The van der Waals surface area contributed by atoms with E-state index >= 15 is 0 Å². The molecule has 0 aliphatic heterocycles. The third kappa shape index (κ3) is 3.14. The van der Waals surface area contributed by atoms with Gasteiger partial charge in [-0.1, -0.05) is 55.6 Å². The topological polar surface area (TPSA) is 20.2 Å². The fraction of sp³-hybridized carbons (Fsp3) is 0.222. The lowest BCUT2D eigenvalue weighted by molar-refractivity contribution is 0.0723. The summed E-state index contributed by atoms with van der Waals surface area (Å²) in [6.45, 7) is 7.78. The Hall–Kier alpha value is -1.51. The minimum atomic E-state index is -0.937. The Balaban J connectivity index is 2.31. The first-order chi connectivity index (χ1) is 9.56. The highest BCUT2D eigenvalue weighted by molar-refractivity contribution is 7.99. The van der Waals surface area contributed by atoms with Gasteiger partial charge in [-0.05, 0) is 48.7 Å². The van der Waals surface area contributed by atoms with Gasteiger partial charge in [-0.25, -0.2) is 0 Å². The highest BCUT2D eigenvalue weighted by Crippen LogP contribution is 2.35. The molecule has 0 radical (unpaired) electrons. The molecule has 1 nitrogen and oxygen atoms in total. The van der Waals surface area contributed by atoms with E-state index in [9.17, 15) is 5.11 Å². The molecule has 1 unspecified atom stereocenters. The van der Waals surface area contributed by atoms with Gasteiger partial charge in [0, 0.05) is 9.79 Å². The molecule has 0 heterocycles. The molecule has 0 saturated carbocycles. The second-order valence-corrected chi connectivity index (χ2v) is 6.08. The molecule has 0 aliphatic rings. The standard InChI is InChI=1S/C18H20OS/c1-4-18(19,14(2)3)15-9-8-12-17(13-15)20-16-10-6-5-7-11-16/h5-13,19H,2,4H2,1,3H3. The van der Waals surface area contributed by atoms with Crippen molar-refractivity contribution in [1.82, 2.24) is 0 Å². The van der Waals surface area contributed by atoms with Gasteiger partial charge in [-0.15, -0.1) is 0 Å². The number of rotatable bonds is 5. The van der Waals surface area contributed by atoms with Gasteiger partial charge in [0.2, 0.25) is 0 Å². The van der Waals surface area contributed by atoms with Crippen molar-refractivity contribution in [2.45, 2.75) is 35.7 Å². The molecule has 20 heavy (non-hydrogen) atoms. The van der Waals surface area contributed by atoms with Crippen molar-refractivity contribution in [3.05, 3.63) is 72.3 Å². The summed E-state index contributed by atoms with van der Waals surface area (Å²) in [5.41, 5.74) is 0.753. The predicted octanol–water partition coefficient (Wildman–Crippen LogP) is 5.01. The molecule has 1 N–H and O–H groups in total. The van der Waals surface area contributed by atoms with E-state index in [0.717, 1.165) is 16.0 Å². The van der Waals surface area contributed by atoms with Crippen LogP contribution >= 0.6 is 11.8 Å². The number of aliphatic hydroxyl groups is 1. The van der Waals surface area contributed by atoms with Crippen molar-refractivity contribution in [2.75, 3.05) is 0 Å². The van der Waals surface area contributed by atoms with Crippen molar-refractivity contribution in [1.29, 1.82) is 0 Å². The van der Waals surface area contributed by atoms with Crippen molar-refractivity contribution in [2.24, 2.45) is 0 Å². The molecule has 104 valence electrons. The molecule has 2 heteroatoms. The van der Waals surface area contributed by atoms with Gasteiger partial charge < -0.3 is 5.11 Å². The van der Waals surface area contributed by atoms with Gasteiger partial charge in [0.1, 0.15) is 5.60 Å². The third-order valence-electron chi connectivity index (χ3n) is 3.51. The van der Waals surface area contributed by atoms with E-state index < -0.39 is 5.60 Å². The summed E-state index contributed by atoms with van der Waals surface area (Å²) in [6, 6.07) is 18.3. The van der Waals surface area contributed by atoms with Crippen LogP contribution in [-0.4, -0.2) is 5.11 Å². The molecule has 1 atom stereocenters. The van der Waals surface area contributed by atoms with E-state index in [0.29, 0.717) is 6.42 Å². The van der Waals surface area contributed by atoms with Gasteiger partial charge in [-0.3, -0.25) is 0 Å². The zero-order valence-electron chi connectivity index (χ0n) is 12.0. The van der Waals surface area contributed by atoms with Crippen LogP contribution in [-0.2, 0) is 5.60 Å². The SMILES string of the molecule is C=C(C)C(O)(CC)c1cccc(Sc2ccccc2)c1. The molecule has 2 aromatic carbocycles. The summed E-state index contributed by atoms with van der Waals surface area (Å²) in [5, 5.41) is 10.8. The molecule has 0 saturated heterocycles. The smallest absolute Gasteiger partial charge is 0.110 e. The minimum absolute atomic E-state index is 0.627. The van der Waals surface area contributed by atoms with Crippen LogP contribution < -0.4 is 0 Å². The number of hydrogen-bond acceptors (Lipinski definition) is 2. The molecule has 0 amide bonds. The van der Waals surface area contributed by atoms with Crippen LogP contribution in [0, 0.1) is 0 Å². The van der Waals surface area contributed by atoms with Crippen LogP contribution in [0.15, 0.2) is 76.5 Å². The minimum Gasteiger partial charge on any atom is -0.381 e. The number of hydrogen-bond donors (Lipinski definition) is 1. The van der Waals surface area contributed by atoms with Gasteiger partial charge >= 0.3 is 0 Å². The van der Waals surface area contributed by atoms with Crippen molar-refractivity contribution < 1.29 is 5.11 Å². The van der Waals surface area contributed by atoms with E-state index in [2.05, 4.69) is 30.8 Å². The average Bonchev–Trinajstić information content (AvgIpc) is 2.47. The summed E-state index contributed by atoms with van der Waals surface area (Å²) < 4.78 is 0. The van der Waals surface area contributed by atoms with Crippen LogP contribution in [0.25, 0.3) is 0 Å². The van der Waals surface area contributed by atoms with Crippen molar-refractivity contribution in [3.8, 4) is 0 Å². The predicted molar refractivity (Wildman–Crippen MR) is 86.0 cm³/mol. The first kappa shape index (κ1) is 14.9. The highest BCUT2D eigenvalue weighted by atomic mass is 32.2. The van der Waals surface area contributed by atoms with E-state index in [4.69, 9.17) is 0 Å². The summed E-state index contributed by atoms with van der Waals surface area (Å²) in [5.74, 6) is 0. The van der Waals surface area contributed by atoms with Gasteiger partial charge in [0.15, 0.2) is 0 Å². The maximum absolute atomic E-state index is 10.8. The van der Waals surface area contributed by atoms with E-state index in [1.165, 1.54) is 4.90 Å². The van der Waals surface area contributed by atoms with Crippen LogP contribution in [0.1, 0.15) is 25.8 Å². The Morgan fingerprint density at radius 1 is 1.10 bits per heavy atom. The second-order valence-electron chi connectivity index (χ2n) is 4.94. The van der Waals surface area contributed by atoms with Crippen LogP contribution in [0.4, 0.5) is 0 Å². The second kappa shape index (κ2) is 6.29. The van der Waals surface area contributed by atoms with Gasteiger partial charge in [0.25, 0.3) is 0 Å². The maximum atomic E-state index is 10.8. The zero-order valence-corrected chi connectivity index (χ0v) is 12.8. The molecule has 0 fully saturated rings. The Bertz CT molecular complexity index is 591. The van der Waals surface area contributed by atoms with Crippen LogP contribution in [0.2, 0.25) is 0 Å². The molecule has 0 aromatic heterocycles. The third-order valence-corrected chi connectivity index (χ3v) is 4.51. The Labute approximate surface area is 125 Å². The summed E-state index contributed by atoms with van der Waals surface area (Å²) in [4.78, 5) is 2.32. The van der Waals surface area contributed by atoms with Crippen LogP contribution in [0.5, 0.6) is 0 Å². The van der Waals surface area contributed by atoms with E-state index in [-0.39, 0.29) is 0 Å². The molecular weight excluding hydrogens is 264 g/mol. The molecular formula is C18H20OS. The molecule has 2 rings (SSSR count). The Morgan fingerprint density at radius 3 is 2.35 bits per heavy atom. The monoisotopic (exact) mass is 284 g/mol. The highest BCUT2D eigenvalue weighted by Gasteiger charge is 2.28. The van der Waals surface area contributed by atoms with E-state index in [1.807, 2.05) is 44.2 Å². The Kier molecular flexibility index (Phi) is 4.69. The lowest BCUT2D eigenvalue weighted by Gasteiger charge is -2.28. The lowest BCUT2D eigenvalue weighted by atomic mass is 9.85. The Morgan fingerprint density at radius 2 is 1.75 bits per heavy atom. The quantitative estimate of drug-likeness (QED) is 0.779. The summed E-state index contributed by atoms with van der Waals surface area (Å²) >= 11 is 1.70. The molecule has 0 aliphatic carbocycles. The first-order valence-electron chi connectivity index (χ1n) is 6.78. The summed E-state index contributed by atoms with van der Waals surface area (Å²) in [7, 11) is 0. The van der Waals surface area contributed by atoms with Crippen LogP contribution in [0.3, 0.4) is 0 Å². The molecule has 2 aromatic rings. The lowest BCUT2D eigenvalue weighted by Crippen LogP contribution is -2.25. The largest absolute Gasteiger partial charge is 0.381 e.